The standard InChI is InChI=1S/C13H26N2O2/c1-11-8-12(4-7-17-11)14-9-13(16)10-15-5-2-3-6-15/h11-14,16H,2-10H2,1H3. The predicted octanol–water partition coefficient (Wildman–Crippen LogP) is 0.600. The number of nitrogens with one attached hydrogen (secondary N) is 1. The Kier molecular flexibility index (Phi) is 5.22. The molecule has 4 heteroatoms. The highest BCUT2D eigenvalue weighted by atomic mass is 16.5. The number of hydrogen-bond donors (Lipinski definition) is 2. The lowest BCUT2D eigenvalue weighted by atomic mass is 10.0. The molecule has 0 spiro atoms. The van der Waals surface area contributed by atoms with Gasteiger partial charge in [0, 0.05) is 25.7 Å². The summed E-state index contributed by atoms with van der Waals surface area (Å²) in [7, 11) is 0. The van der Waals surface area contributed by atoms with Gasteiger partial charge < -0.3 is 20.1 Å². The fourth-order valence-corrected chi connectivity index (χ4v) is 2.81. The van der Waals surface area contributed by atoms with Crippen LogP contribution in [0, 0.1) is 0 Å². The zero-order valence-corrected chi connectivity index (χ0v) is 10.9. The lowest BCUT2D eigenvalue weighted by molar-refractivity contribution is 0.0102. The summed E-state index contributed by atoms with van der Waals surface area (Å²) in [5.41, 5.74) is 0. The maximum Gasteiger partial charge on any atom is 0.0791 e. The number of hydrogen-bond acceptors (Lipinski definition) is 4. The zero-order chi connectivity index (χ0) is 12.1. The first kappa shape index (κ1) is 13.3. The molecule has 3 unspecified atom stereocenters. The van der Waals surface area contributed by atoms with Crippen molar-refractivity contribution < 1.29 is 9.84 Å². The highest BCUT2D eigenvalue weighted by molar-refractivity contribution is 4.77. The van der Waals surface area contributed by atoms with E-state index in [4.69, 9.17) is 4.74 Å². The van der Waals surface area contributed by atoms with Crippen LogP contribution >= 0.6 is 0 Å². The van der Waals surface area contributed by atoms with Gasteiger partial charge in [-0.05, 0) is 45.7 Å². The van der Waals surface area contributed by atoms with Crippen LogP contribution in [-0.2, 0) is 4.74 Å². The normalized spacial score (nSPS) is 32.8. The summed E-state index contributed by atoms with van der Waals surface area (Å²) in [6.45, 7) is 6.83. The molecule has 2 fully saturated rings. The van der Waals surface area contributed by atoms with Crippen molar-refractivity contribution in [1.82, 2.24) is 10.2 Å². The van der Waals surface area contributed by atoms with Crippen LogP contribution < -0.4 is 5.32 Å². The van der Waals surface area contributed by atoms with Crippen LogP contribution in [0.1, 0.15) is 32.6 Å². The molecule has 0 aliphatic carbocycles. The Morgan fingerprint density at radius 1 is 1.41 bits per heavy atom. The Balaban J connectivity index is 1.59. The van der Waals surface area contributed by atoms with E-state index in [0.717, 1.165) is 39.1 Å². The van der Waals surface area contributed by atoms with Gasteiger partial charge in [-0.1, -0.05) is 0 Å². The number of aliphatic hydroxyl groups excluding tert-OH is 1. The smallest absolute Gasteiger partial charge is 0.0791 e. The Morgan fingerprint density at radius 3 is 2.88 bits per heavy atom. The molecular weight excluding hydrogens is 216 g/mol. The molecule has 100 valence electrons. The lowest BCUT2D eigenvalue weighted by Gasteiger charge is -2.29. The van der Waals surface area contributed by atoms with E-state index in [9.17, 15) is 5.11 Å². The monoisotopic (exact) mass is 242 g/mol. The molecule has 2 N–H and O–H groups in total. The summed E-state index contributed by atoms with van der Waals surface area (Å²) in [6, 6.07) is 0.520. The van der Waals surface area contributed by atoms with Crippen LogP contribution in [0.5, 0.6) is 0 Å². The summed E-state index contributed by atoms with van der Waals surface area (Å²) >= 11 is 0. The Morgan fingerprint density at radius 2 is 2.18 bits per heavy atom. The third-order valence-electron chi connectivity index (χ3n) is 3.79. The average Bonchev–Trinajstić information content (AvgIpc) is 2.79. The van der Waals surface area contributed by atoms with E-state index in [1.54, 1.807) is 0 Å². The molecule has 0 saturated carbocycles. The van der Waals surface area contributed by atoms with Crippen LogP contribution in [0.2, 0.25) is 0 Å². The molecule has 3 atom stereocenters. The second kappa shape index (κ2) is 6.69. The second-order valence-corrected chi connectivity index (χ2v) is 5.47. The Hall–Kier alpha value is -0.160. The molecule has 0 bridgehead atoms. The molecule has 0 amide bonds. The summed E-state index contributed by atoms with van der Waals surface area (Å²) in [4.78, 5) is 2.36. The van der Waals surface area contributed by atoms with Crippen molar-refractivity contribution in [1.29, 1.82) is 0 Å². The minimum absolute atomic E-state index is 0.230. The van der Waals surface area contributed by atoms with Crippen molar-refractivity contribution in [2.45, 2.75) is 50.9 Å². The minimum Gasteiger partial charge on any atom is -0.390 e. The van der Waals surface area contributed by atoms with Gasteiger partial charge >= 0.3 is 0 Å². The third kappa shape index (κ3) is 4.54. The number of β-amino-alcohol motifs (C(OH)–C–C–N with tert-alkyl or cyclic N) is 1. The van der Waals surface area contributed by atoms with Crippen molar-refractivity contribution in [3.63, 3.8) is 0 Å². The van der Waals surface area contributed by atoms with Crippen molar-refractivity contribution >= 4 is 0 Å². The second-order valence-electron chi connectivity index (χ2n) is 5.47. The molecule has 2 aliphatic rings. The largest absolute Gasteiger partial charge is 0.390 e. The first-order valence-corrected chi connectivity index (χ1v) is 6.99. The highest BCUT2D eigenvalue weighted by Gasteiger charge is 2.20. The molecule has 2 heterocycles. The van der Waals surface area contributed by atoms with Gasteiger partial charge in [-0.3, -0.25) is 0 Å². The number of aliphatic hydroxyl groups is 1. The molecule has 0 aromatic heterocycles. The number of likely N-dealkylation sites (tertiary alicyclic amines) is 1. The van der Waals surface area contributed by atoms with Gasteiger partial charge in [0.2, 0.25) is 0 Å². The van der Waals surface area contributed by atoms with Crippen LogP contribution in [0.15, 0.2) is 0 Å². The molecule has 0 aromatic carbocycles. The first-order chi connectivity index (χ1) is 8.24. The molecule has 0 aromatic rings. The van der Waals surface area contributed by atoms with Gasteiger partial charge in [0.1, 0.15) is 0 Å². The molecule has 2 rings (SSSR count). The SMILES string of the molecule is CC1CC(NCC(O)CN2CCCC2)CCO1. The van der Waals surface area contributed by atoms with E-state index in [0.29, 0.717) is 18.7 Å². The van der Waals surface area contributed by atoms with Crippen molar-refractivity contribution in [2.75, 3.05) is 32.8 Å². The molecule has 0 radical (unpaired) electrons. The quantitative estimate of drug-likeness (QED) is 0.741. The third-order valence-corrected chi connectivity index (χ3v) is 3.79. The van der Waals surface area contributed by atoms with Crippen molar-refractivity contribution in [3.8, 4) is 0 Å². The Bertz CT molecular complexity index is 219. The van der Waals surface area contributed by atoms with Gasteiger partial charge in [0.05, 0.1) is 12.2 Å². The fraction of sp³-hybridized carbons (Fsp3) is 1.00. The topological polar surface area (TPSA) is 44.7 Å². The average molecular weight is 242 g/mol. The molecular formula is C13H26N2O2. The van der Waals surface area contributed by atoms with Gasteiger partial charge in [-0.25, -0.2) is 0 Å². The minimum atomic E-state index is -0.230. The maximum atomic E-state index is 9.97. The predicted molar refractivity (Wildman–Crippen MR) is 68.1 cm³/mol. The van der Waals surface area contributed by atoms with Crippen LogP contribution in [0.3, 0.4) is 0 Å². The number of ether oxygens (including phenoxy) is 1. The van der Waals surface area contributed by atoms with E-state index in [-0.39, 0.29) is 6.10 Å². The van der Waals surface area contributed by atoms with E-state index in [1.165, 1.54) is 12.8 Å². The summed E-state index contributed by atoms with van der Waals surface area (Å²) < 4.78 is 5.51. The Labute approximate surface area is 104 Å². The number of nitrogens with zero attached hydrogens (tertiary/aromatic N) is 1. The maximum absolute atomic E-state index is 9.97. The van der Waals surface area contributed by atoms with Crippen LogP contribution in [0.4, 0.5) is 0 Å². The van der Waals surface area contributed by atoms with Crippen molar-refractivity contribution in [2.24, 2.45) is 0 Å². The molecule has 4 nitrogen and oxygen atoms in total. The van der Waals surface area contributed by atoms with Gasteiger partial charge in [0.15, 0.2) is 0 Å². The number of rotatable bonds is 5. The van der Waals surface area contributed by atoms with Gasteiger partial charge in [0.25, 0.3) is 0 Å². The van der Waals surface area contributed by atoms with Crippen molar-refractivity contribution in [3.05, 3.63) is 0 Å². The summed E-state index contributed by atoms with van der Waals surface area (Å²) in [5, 5.41) is 13.4. The zero-order valence-electron chi connectivity index (χ0n) is 10.9. The van der Waals surface area contributed by atoms with Gasteiger partial charge in [-0.2, -0.15) is 0 Å². The molecule has 2 saturated heterocycles. The summed E-state index contributed by atoms with van der Waals surface area (Å²) in [5.74, 6) is 0. The molecule has 2 aliphatic heterocycles. The van der Waals surface area contributed by atoms with E-state index in [1.807, 2.05) is 0 Å². The van der Waals surface area contributed by atoms with E-state index in [2.05, 4.69) is 17.1 Å². The fourth-order valence-electron chi connectivity index (χ4n) is 2.81. The van der Waals surface area contributed by atoms with E-state index >= 15 is 0 Å². The first-order valence-electron chi connectivity index (χ1n) is 6.99. The van der Waals surface area contributed by atoms with Crippen LogP contribution in [-0.4, -0.2) is 61.0 Å². The summed E-state index contributed by atoms with van der Waals surface area (Å²) in [6.07, 6.45) is 4.84. The van der Waals surface area contributed by atoms with Gasteiger partial charge in [-0.15, -0.1) is 0 Å². The molecule has 17 heavy (non-hydrogen) atoms. The van der Waals surface area contributed by atoms with E-state index < -0.39 is 0 Å². The lowest BCUT2D eigenvalue weighted by Crippen LogP contribution is -2.44. The highest BCUT2D eigenvalue weighted by Crippen LogP contribution is 2.13. The van der Waals surface area contributed by atoms with Crippen LogP contribution in [0.25, 0.3) is 0 Å².